The molecule has 1 atom stereocenters. The molecule has 0 saturated heterocycles. The first-order valence-electron chi connectivity index (χ1n) is 6.63. The van der Waals surface area contributed by atoms with Crippen LogP contribution >= 0.6 is 11.6 Å². The van der Waals surface area contributed by atoms with Crippen molar-refractivity contribution in [3.05, 3.63) is 59.1 Å². The van der Waals surface area contributed by atoms with Crippen LogP contribution in [0.25, 0.3) is 0 Å². The molecule has 0 fully saturated rings. The van der Waals surface area contributed by atoms with Gasteiger partial charge in [-0.1, -0.05) is 35.9 Å². The van der Waals surface area contributed by atoms with Gasteiger partial charge in [0.15, 0.2) is 0 Å². The molecular formula is C16H15ClN2O. The zero-order valence-electron chi connectivity index (χ0n) is 10.9. The molecule has 0 saturated carbocycles. The van der Waals surface area contributed by atoms with Gasteiger partial charge in [-0.3, -0.25) is 4.79 Å². The molecule has 0 bridgehead atoms. The number of hydrogen-bond acceptors (Lipinski definition) is 2. The maximum atomic E-state index is 12.5. The van der Waals surface area contributed by atoms with Crippen LogP contribution in [-0.4, -0.2) is 12.5 Å². The molecule has 0 spiro atoms. The minimum Gasteiger partial charge on any atom is -0.385 e. The van der Waals surface area contributed by atoms with Crippen LogP contribution in [0.2, 0.25) is 5.02 Å². The summed E-state index contributed by atoms with van der Waals surface area (Å²) < 4.78 is 0. The summed E-state index contributed by atoms with van der Waals surface area (Å²) in [5.74, 6) is -0.104. The van der Waals surface area contributed by atoms with Crippen LogP contribution in [0.3, 0.4) is 0 Å². The molecule has 0 aromatic heterocycles. The Labute approximate surface area is 123 Å². The molecule has 1 amide bonds. The largest absolute Gasteiger partial charge is 0.385 e. The highest BCUT2D eigenvalue weighted by atomic mass is 35.5. The van der Waals surface area contributed by atoms with E-state index in [0.717, 1.165) is 29.9 Å². The molecule has 2 aromatic carbocycles. The fourth-order valence-corrected chi connectivity index (χ4v) is 2.73. The maximum absolute atomic E-state index is 12.5. The van der Waals surface area contributed by atoms with E-state index in [4.69, 9.17) is 11.6 Å². The number of hydrogen-bond donors (Lipinski definition) is 2. The van der Waals surface area contributed by atoms with E-state index in [2.05, 4.69) is 10.6 Å². The minimum absolute atomic E-state index is 0.0150. The van der Waals surface area contributed by atoms with E-state index in [1.54, 1.807) is 12.1 Å². The Kier molecular flexibility index (Phi) is 3.61. The number of rotatable bonds is 2. The first-order chi connectivity index (χ1) is 9.74. The molecule has 1 unspecified atom stereocenters. The monoisotopic (exact) mass is 286 g/mol. The Hall–Kier alpha value is -2.00. The highest BCUT2D eigenvalue weighted by Gasteiger charge is 2.26. The summed E-state index contributed by atoms with van der Waals surface area (Å²) in [4.78, 5) is 12.5. The van der Waals surface area contributed by atoms with Gasteiger partial charge in [0.05, 0.1) is 5.92 Å². The molecule has 1 aliphatic heterocycles. The number of para-hydroxylation sites is 1. The van der Waals surface area contributed by atoms with Crippen molar-refractivity contribution in [2.24, 2.45) is 0 Å². The van der Waals surface area contributed by atoms with Crippen LogP contribution in [0.15, 0.2) is 48.5 Å². The minimum atomic E-state index is -0.119. The third kappa shape index (κ3) is 2.63. The zero-order valence-corrected chi connectivity index (χ0v) is 11.7. The summed E-state index contributed by atoms with van der Waals surface area (Å²) in [5, 5.41) is 6.88. The average molecular weight is 287 g/mol. The molecule has 4 heteroatoms. The number of carbonyl (C=O) groups is 1. The summed E-state index contributed by atoms with van der Waals surface area (Å²) in [6.45, 7) is 0.810. The van der Waals surface area contributed by atoms with Gasteiger partial charge in [0.25, 0.3) is 0 Å². The molecule has 20 heavy (non-hydrogen) atoms. The summed E-state index contributed by atoms with van der Waals surface area (Å²) >= 11 is 5.93. The van der Waals surface area contributed by atoms with E-state index < -0.39 is 0 Å². The Morgan fingerprint density at radius 1 is 1.20 bits per heavy atom. The standard InChI is InChI=1S/C16H15ClN2O/c17-11-4-3-5-12(10-11)19-16(20)14-8-9-18-15-7-2-1-6-13(14)15/h1-7,10,14,18H,8-9H2,(H,19,20). The van der Waals surface area contributed by atoms with Gasteiger partial charge in [-0.2, -0.15) is 0 Å². The van der Waals surface area contributed by atoms with Crippen molar-refractivity contribution in [2.75, 3.05) is 17.2 Å². The van der Waals surface area contributed by atoms with Crippen LogP contribution in [0.5, 0.6) is 0 Å². The fraction of sp³-hybridized carbons (Fsp3) is 0.188. The number of fused-ring (bicyclic) bond motifs is 1. The van der Waals surface area contributed by atoms with Crippen LogP contribution in [0.4, 0.5) is 11.4 Å². The quantitative estimate of drug-likeness (QED) is 0.880. The Morgan fingerprint density at radius 3 is 2.90 bits per heavy atom. The van der Waals surface area contributed by atoms with Gasteiger partial charge < -0.3 is 10.6 Å². The topological polar surface area (TPSA) is 41.1 Å². The maximum Gasteiger partial charge on any atom is 0.232 e. The summed E-state index contributed by atoms with van der Waals surface area (Å²) in [6, 6.07) is 15.2. The Bertz CT molecular complexity index is 642. The number of nitrogens with one attached hydrogen (secondary N) is 2. The molecule has 1 heterocycles. The van der Waals surface area contributed by atoms with Gasteiger partial charge in [-0.15, -0.1) is 0 Å². The predicted octanol–water partition coefficient (Wildman–Crippen LogP) is 3.88. The molecule has 2 aromatic rings. The number of amides is 1. The van der Waals surface area contributed by atoms with Gasteiger partial charge in [0.2, 0.25) is 5.91 Å². The molecule has 3 nitrogen and oxygen atoms in total. The van der Waals surface area contributed by atoms with Crippen molar-refractivity contribution in [3.63, 3.8) is 0 Å². The lowest BCUT2D eigenvalue weighted by atomic mass is 9.90. The van der Waals surface area contributed by atoms with Crippen LogP contribution in [-0.2, 0) is 4.79 Å². The molecule has 102 valence electrons. The molecule has 0 aliphatic carbocycles. The molecule has 1 aliphatic rings. The highest BCUT2D eigenvalue weighted by Crippen LogP contribution is 2.32. The second kappa shape index (κ2) is 5.55. The van der Waals surface area contributed by atoms with E-state index in [1.807, 2.05) is 36.4 Å². The van der Waals surface area contributed by atoms with E-state index in [-0.39, 0.29) is 11.8 Å². The Balaban J connectivity index is 1.82. The van der Waals surface area contributed by atoms with Gasteiger partial charge in [-0.25, -0.2) is 0 Å². The van der Waals surface area contributed by atoms with Crippen molar-refractivity contribution in [2.45, 2.75) is 12.3 Å². The summed E-state index contributed by atoms with van der Waals surface area (Å²) in [7, 11) is 0. The molecular weight excluding hydrogens is 272 g/mol. The molecule has 3 rings (SSSR count). The van der Waals surface area contributed by atoms with Crippen molar-refractivity contribution >= 4 is 28.9 Å². The predicted molar refractivity (Wildman–Crippen MR) is 82.4 cm³/mol. The van der Waals surface area contributed by atoms with Gasteiger partial charge in [0, 0.05) is 22.9 Å². The van der Waals surface area contributed by atoms with Gasteiger partial charge >= 0.3 is 0 Å². The summed E-state index contributed by atoms with van der Waals surface area (Å²) in [5.41, 5.74) is 2.83. The number of carbonyl (C=O) groups excluding carboxylic acids is 1. The second-order valence-corrected chi connectivity index (χ2v) is 5.29. The SMILES string of the molecule is O=C(Nc1cccc(Cl)c1)C1CCNc2ccccc21. The van der Waals surface area contributed by atoms with E-state index in [1.165, 1.54) is 0 Å². The first kappa shape index (κ1) is 13.0. The number of halogens is 1. The van der Waals surface area contributed by atoms with Crippen molar-refractivity contribution in [1.82, 2.24) is 0 Å². The van der Waals surface area contributed by atoms with Crippen LogP contribution in [0.1, 0.15) is 17.9 Å². The van der Waals surface area contributed by atoms with Crippen molar-refractivity contribution < 1.29 is 4.79 Å². The highest BCUT2D eigenvalue weighted by molar-refractivity contribution is 6.30. The number of benzene rings is 2. The fourth-order valence-electron chi connectivity index (χ4n) is 2.54. The van der Waals surface area contributed by atoms with Crippen LogP contribution in [0, 0.1) is 0 Å². The lowest BCUT2D eigenvalue weighted by Gasteiger charge is -2.25. The second-order valence-electron chi connectivity index (χ2n) is 4.85. The normalized spacial score (nSPS) is 16.9. The van der Waals surface area contributed by atoms with Crippen molar-refractivity contribution in [3.8, 4) is 0 Å². The third-order valence-corrected chi connectivity index (χ3v) is 3.73. The van der Waals surface area contributed by atoms with E-state index in [9.17, 15) is 4.79 Å². The first-order valence-corrected chi connectivity index (χ1v) is 7.01. The third-order valence-electron chi connectivity index (χ3n) is 3.49. The smallest absolute Gasteiger partial charge is 0.232 e. The lowest BCUT2D eigenvalue weighted by Crippen LogP contribution is -2.27. The zero-order chi connectivity index (χ0) is 13.9. The van der Waals surface area contributed by atoms with Gasteiger partial charge in [-0.05, 0) is 36.2 Å². The van der Waals surface area contributed by atoms with Gasteiger partial charge in [0.1, 0.15) is 0 Å². The molecule has 0 radical (unpaired) electrons. The van der Waals surface area contributed by atoms with E-state index in [0.29, 0.717) is 5.02 Å². The average Bonchev–Trinajstić information content (AvgIpc) is 2.46. The van der Waals surface area contributed by atoms with E-state index >= 15 is 0 Å². The van der Waals surface area contributed by atoms with Crippen molar-refractivity contribution in [1.29, 1.82) is 0 Å². The number of anilines is 2. The summed E-state index contributed by atoms with van der Waals surface area (Å²) in [6.07, 6.45) is 0.795. The molecule has 2 N–H and O–H groups in total. The lowest BCUT2D eigenvalue weighted by molar-refractivity contribution is -0.117. The van der Waals surface area contributed by atoms with Crippen LogP contribution < -0.4 is 10.6 Å². The Morgan fingerprint density at radius 2 is 2.05 bits per heavy atom.